The lowest BCUT2D eigenvalue weighted by Gasteiger charge is -2.19. The zero-order chi connectivity index (χ0) is 15.5. The Bertz CT molecular complexity index is 569. The number of alkyl halides is 3. The van der Waals surface area contributed by atoms with Crippen molar-refractivity contribution in [2.24, 2.45) is 5.41 Å². The van der Waals surface area contributed by atoms with E-state index in [0.717, 1.165) is 25.0 Å². The monoisotopic (exact) mass is 296 g/mol. The first kappa shape index (κ1) is 15.4. The normalized spacial score (nSPS) is 17.2. The summed E-state index contributed by atoms with van der Waals surface area (Å²) in [7, 11) is 0. The Morgan fingerprint density at radius 2 is 2.00 bits per heavy atom. The molecule has 0 aromatic heterocycles. The Balaban J connectivity index is 2.04. The quantitative estimate of drug-likeness (QED) is 0.929. The number of nitriles is 1. The molecular weight excluding hydrogens is 281 g/mol. The molecule has 2 rings (SSSR count). The van der Waals surface area contributed by atoms with Gasteiger partial charge in [0.1, 0.15) is 5.41 Å². The second-order valence-electron chi connectivity index (χ2n) is 5.28. The van der Waals surface area contributed by atoms with Crippen LogP contribution in [0.25, 0.3) is 0 Å². The van der Waals surface area contributed by atoms with E-state index in [2.05, 4.69) is 11.4 Å². The van der Waals surface area contributed by atoms with E-state index in [1.807, 2.05) is 0 Å². The maximum atomic E-state index is 12.6. The molecule has 0 saturated heterocycles. The van der Waals surface area contributed by atoms with Crippen LogP contribution in [0.3, 0.4) is 0 Å². The molecule has 0 unspecified atom stereocenters. The lowest BCUT2D eigenvalue weighted by atomic mass is 9.87. The Hall–Kier alpha value is -2.03. The number of rotatable bonds is 3. The van der Waals surface area contributed by atoms with Crippen LogP contribution in [-0.2, 0) is 17.5 Å². The second-order valence-corrected chi connectivity index (χ2v) is 5.28. The molecule has 0 spiro atoms. The molecule has 0 heterocycles. The third kappa shape index (κ3) is 3.35. The lowest BCUT2D eigenvalue weighted by Crippen LogP contribution is -2.37. The fourth-order valence-electron chi connectivity index (χ4n) is 2.58. The van der Waals surface area contributed by atoms with Crippen molar-refractivity contribution in [3.05, 3.63) is 35.4 Å². The highest BCUT2D eigenvalue weighted by Gasteiger charge is 2.41. The average Bonchev–Trinajstić information content (AvgIpc) is 2.94. The Kier molecular flexibility index (Phi) is 4.21. The van der Waals surface area contributed by atoms with Crippen molar-refractivity contribution in [3.63, 3.8) is 0 Å². The number of carbonyl (C=O) groups excluding carboxylic acids is 1. The van der Waals surface area contributed by atoms with Gasteiger partial charge in [-0.05, 0) is 30.5 Å². The van der Waals surface area contributed by atoms with E-state index in [9.17, 15) is 23.2 Å². The maximum absolute atomic E-state index is 12.6. The first-order chi connectivity index (χ1) is 9.87. The molecule has 1 fully saturated rings. The van der Waals surface area contributed by atoms with Gasteiger partial charge < -0.3 is 5.32 Å². The molecule has 3 nitrogen and oxygen atoms in total. The molecule has 0 aliphatic heterocycles. The standard InChI is InChI=1S/C15H15F3N2O/c16-15(17,18)12-5-3-4-11(8-12)9-20-13(21)14(10-19)6-1-2-7-14/h3-5,8H,1-2,6-7,9H2,(H,20,21). The van der Waals surface area contributed by atoms with Gasteiger partial charge in [-0.3, -0.25) is 4.79 Å². The van der Waals surface area contributed by atoms with E-state index in [0.29, 0.717) is 18.4 Å². The first-order valence-corrected chi connectivity index (χ1v) is 6.73. The molecule has 0 bridgehead atoms. The molecule has 0 atom stereocenters. The zero-order valence-corrected chi connectivity index (χ0v) is 11.3. The highest BCUT2D eigenvalue weighted by molar-refractivity contribution is 5.85. The summed E-state index contributed by atoms with van der Waals surface area (Å²) in [6.07, 6.45) is -1.73. The molecule has 112 valence electrons. The number of nitrogens with zero attached hydrogens (tertiary/aromatic N) is 1. The van der Waals surface area contributed by atoms with Gasteiger partial charge in [-0.15, -0.1) is 0 Å². The molecule has 21 heavy (non-hydrogen) atoms. The van der Waals surface area contributed by atoms with Gasteiger partial charge in [-0.2, -0.15) is 18.4 Å². The van der Waals surface area contributed by atoms with Gasteiger partial charge in [0, 0.05) is 6.54 Å². The van der Waals surface area contributed by atoms with E-state index in [-0.39, 0.29) is 12.5 Å². The number of nitrogens with one attached hydrogen (secondary N) is 1. The fraction of sp³-hybridized carbons (Fsp3) is 0.467. The molecule has 1 aliphatic rings. The van der Waals surface area contributed by atoms with E-state index in [4.69, 9.17) is 0 Å². The summed E-state index contributed by atoms with van der Waals surface area (Å²) in [4.78, 5) is 12.1. The van der Waals surface area contributed by atoms with E-state index < -0.39 is 17.2 Å². The van der Waals surface area contributed by atoms with Crippen LogP contribution in [0.4, 0.5) is 13.2 Å². The molecule has 1 aromatic carbocycles. The highest BCUT2D eigenvalue weighted by atomic mass is 19.4. The van der Waals surface area contributed by atoms with Gasteiger partial charge >= 0.3 is 6.18 Å². The van der Waals surface area contributed by atoms with Gasteiger partial charge in [-0.25, -0.2) is 0 Å². The van der Waals surface area contributed by atoms with Crippen molar-refractivity contribution in [1.82, 2.24) is 5.32 Å². The number of carbonyl (C=O) groups is 1. The SMILES string of the molecule is N#CC1(C(=O)NCc2cccc(C(F)(F)F)c2)CCCC1. The molecule has 1 amide bonds. The van der Waals surface area contributed by atoms with Crippen LogP contribution in [0.15, 0.2) is 24.3 Å². The van der Waals surface area contributed by atoms with Crippen molar-refractivity contribution < 1.29 is 18.0 Å². The third-order valence-electron chi connectivity index (χ3n) is 3.81. The summed E-state index contributed by atoms with van der Waals surface area (Å²) in [6.45, 7) is -0.00775. The second kappa shape index (κ2) is 5.76. The summed E-state index contributed by atoms with van der Waals surface area (Å²) < 4.78 is 37.8. The number of hydrogen-bond acceptors (Lipinski definition) is 2. The van der Waals surface area contributed by atoms with Crippen molar-refractivity contribution in [2.45, 2.75) is 38.4 Å². The van der Waals surface area contributed by atoms with Crippen LogP contribution in [-0.4, -0.2) is 5.91 Å². The number of halogens is 3. The van der Waals surface area contributed by atoms with Gasteiger partial charge in [0.15, 0.2) is 0 Å². The highest BCUT2D eigenvalue weighted by Crippen LogP contribution is 2.37. The van der Waals surface area contributed by atoms with E-state index >= 15 is 0 Å². The Morgan fingerprint density at radius 3 is 2.57 bits per heavy atom. The topological polar surface area (TPSA) is 52.9 Å². The molecule has 6 heteroatoms. The predicted octanol–water partition coefficient (Wildman–Crippen LogP) is 3.41. The largest absolute Gasteiger partial charge is 0.416 e. The minimum atomic E-state index is -4.40. The van der Waals surface area contributed by atoms with Gasteiger partial charge in [0.25, 0.3) is 0 Å². The van der Waals surface area contributed by atoms with E-state index in [1.54, 1.807) is 0 Å². The number of amides is 1. The molecule has 1 N–H and O–H groups in total. The predicted molar refractivity (Wildman–Crippen MR) is 69.8 cm³/mol. The summed E-state index contributed by atoms with van der Waals surface area (Å²) in [5, 5.41) is 11.8. The van der Waals surface area contributed by atoms with Crippen LogP contribution in [0, 0.1) is 16.7 Å². The fourth-order valence-corrected chi connectivity index (χ4v) is 2.58. The minimum Gasteiger partial charge on any atom is -0.351 e. The van der Waals surface area contributed by atoms with Crippen LogP contribution in [0.2, 0.25) is 0 Å². The zero-order valence-electron chi connectivity index (χ0n) is 11.3. The van der Waals surface area contributed by atoms with Crippen LogP contribution in [0.5, 0.6) is 0 Å². The van der Waals surface area contributed by atoms with Crippen LogP contribution in [0.1, 0.15) is 36.8 Å². The number of benzene rings is 1. The third-order valence-corrected chi connectivity index (χ3v) is 3.81. The molecule has 1 saturated carbocycles. The van der Waals surface area contributed by atoms with E-state index in [1.165, 1.54) is 12.1 Å². The van der Waals surface area contributed by atoms with Gasteiger partial charge in [-0.1, -0.05) is 25.0 Å². The summed E-state index contributed by atoms with van der Waals surface area (Å²) in [6, 6.07) is 6.87. The number of hydrogen-bond donors (Lipinski definition) is 1. The Labute approximate surface area is 120 Å². The average molecular weight is 296 g/mol. The first-order valence-electron chi connectivity index (χ1n) is 6.73. The maximum Gasteiger partial charge on any atom is 0.416 e. The molecule has 0 radical (unpaired) electrons. The van der Waals surface area contributed by atoms with Crippen molar-refractivity contribution >= 4 is 5.91 Å². The Morgan fingerprint density at radius 1 is 1.33 bits per heavy atom. The smallest absolute Gasteiger partial charge is 0.351 e. The molecule has 1 aliphatic carbocycles. The van der Waals surface area contributed by atoms with Gasteiger partial charge in [0.05, 0.1) is 11.6 Å². The molecular formula is C15H15F3N2O. The van der Waals surface area contributed by atoms with Crippen LogP contribution < -0.4 is 5.32 Å². The summed E-state index contributed by atoms with van der Waals surface area (Å²) >= 11 is 0. The summed E-state index contributed by atoms with van der Waals surface area (Å²) in [5.41, 5.74) is -1.39. The van der Waals surface area contributed by atoms with Crippen molar-refractivity contribution in [3.8, 4) is 6.07 Å². The lowest BCUT2D eigenvalue weighted by molar-refractivity contribution is -0.137. The summed E-state index contributed by atoms with van der Waals surface area (Å²) in [5.74, 6) is -0.389. The van der Waals surface area contributed by atoms with Crippen LogP contribution >= 0.6 is 0 Å². The molecule has 1 aromatic rings. The van der Waals surface area contributed by atoms with Crippen molar-refractivity contribution in [1.29, 1.82) is 5.26 Å². The van der Waals surface area contributed by atoms with Crippen molar-refractivity contribution in [2.75, 3.05) is 0 Å². The minimum absolute atomic E-state index is 0.00775. The van der Waals surface area contributed by atoms with Gasteiger partial charge in [0.2, 0.25) is 5.91 Å².